The van der Waals surface area contributed by atoms with Crippen LogP contribution in [0.3, 0.4) is 0 Å². The van der Waals surface area contributed by atoms with Crippen LogP contribution in [-0.4, -0.2) is 20.1 Å². The Morgan fingerprint density at radius 1 is 1.21 bits per heavy atom. The lowest BCUT2D eigenvalue weighted by Crippen LogP contribution is -1.91. The molecule has 0 aliphatic rings. The zero-order valence-corrected chi connectivity index (χ0v) is 9.10. The molecule has 0 saturated carbocycles. The number of rotatable bonds is 4. The number of alkyl halides is 1. The second-order valence-electron chi connectivity index (χ2n) is 2.84. The van der Waals surface area contributed by atoms with Gasteiger partial charge in [-0.1, -0.05) is 6.58 Å². The van der Waals surface area contributed by atoms with Gasteiger partial charge < -0.3 is 9.47 Å². The van der Waals surface area contributed by atoms with Crippen LogP contribution in [0.15, 0.2) is 24.8 Å². The molecule has 0 atom stereocenters. The van der Waals surface area contributed by atoms with E-state index in [9.17, 15) is 0 Å². The Morgan fingerprint density at radius 2 is 1.71 bits per heavy atom. The molecule has 14 heavy (non-hydrogen) atoms. The maximum Gasteiger partial charge on any atom is 0.123 e. The van der Waals surface area contributed by atoms with E-state index in [1.807, 2.05) is 18.2 Å². The topological polar surface area (TPSA) is 18.5 Å². The van der Waals surface area contributed by atoms with Crippen LogP contribution in [-0.2, 0) is 0 Å². The minimum absolute atomic E-state index is 0.399. The van der Waals surface area contributed by atoms with E-state index in [2.05, 4.69) is 6.58 Å². The van der Waals surface area contributed by atoms with E-state index >= 15 is 0 Å². The maximum atomic E-state index is 5.70. The average molecular weight is 213 g/mol. The molecule has 2 nitrogen and oxygen atoms in total. The van der Waals surface area contributed by atoms with Gasteiger partial charge >= 0.3 is 0 Å². The highest BCUT2D eigenvalue weighted by molar-refractivity contribution is 6.23. The molecule has 0 saturated heterocycles. The Hall–Kier alpha value is -1.15. The zero-order chi connectivity index (χ0) is 10.6. The molecule has 0 aliphatic heterocycles. The number of methoxy groups -OCH3 is 2. The molecule has 0 radical (unpaired) electrons. The minimum atomic E-state index is 0.399. The van der Waals surface area contributed by atoms with E-state index in [0.717, 1.165) is 22.6 Å². The molecule has 76 valence electrons. The van der Waals surface area contributed by atoms with Crippen LogP contribution in [0.2, 0.25) is 0 Å². The average Bonchev–Trinajstić information content (AvgIpc) is 2.27. The molecule has 1 aromatic carbocycles. The summed E-state index contributed by atoms with van der Waals surface area (Å²) in [4.78, 5) is 0. The number of allylic oxidation sites excluding steroid dienone is 1. The summed E-state index contributed by atoms with van der Waals surface area (Å²) < 4.78 is 10.3. The number of hydrogen-bond acceptors (Lipinski definition) is 2. The van der Waals surface area contributed by atoms with Crippen LogP contribution in [0.5, 0.6) is 11.5 Å². The molecule has 0 aromatic heterocycles. The highest BCUT2D eigenvalue weighted by Crippen LogP contribution is 2.26. The van der Waals surface area contributed by atoms with E-state index in [4.69, 9.17) is 21.1 Å². The summed E-state index contributed by atoms with van der Waals surface area (Å²) in [6, 6.07) is 5.57. The van der Waals surface area contributed by atoms with Crippen molar-refractivity contribution in [2.75, 3.05) is 20.1 Å². The van der Waals surface area contributed by atoms with Gasteiger partial charge in [0.05, 0.1) is 14.2 Å². The predicted molar refractivity (Wildman–Crippen MR) is 59.3 cm³/mol. The Morgan fingerprint density at radius 3 is 2.07 bits per heavy atom. The van der Waals surface area contributed by atoms with Gasteiger partial charge in [-0.2, -0.15) is 0 Å². The number of benzene rings is 1. The Kier molecular flexibility index (Phi) is 3.84. The summed E-state index contributed by atoms with van der Waals surface area (Å²) in [5.74, 6) is 1.88. The fourth-order valence-corrected chi connectivity index (χ4v) is 1.24. The van der Waals surface area contributed by atoms with Crippen molar-refractivity contribution < 1.29 is 9.47 Å². The quantitative estimate of drug-likeness (QED) is 0.715. The Bertz CT molecular complexity index is 312. The fourth-order valence-electron chi connectivity index (χ4n) is 1.09. The number of hydrogen-bond donors (Lipinski definition) is 0. The van der Waals surface area contributed by atoms with Crippen LogP contribution in [0.4, 0.5) is 0 Å². The third-order valence-corrected chi connectivity index (χ3v) is 2.24. The molecule has 3 heteroatoms. The smallest absolute Gasteiger partial charge is 0.123 e. The van der Waals surface area contributed by atoms with Gasteiger partial charge in [0.2, 0.25) is 0 Å². The summed E-state index contributed by atoms with van der Waals surface area (Å²) in [6.45, 7) is 3.85. The van der Waals surface area contributed by atoms with Crippen LogP contribution >= 0.6 is 11.6 Å². The standard InChI is InChI=1S/C11H13ClO2/c1-8(7-12)9-4-10(13-2)6-11(5-9)14-3/h4-6H,1,7H2,2-3H3. The minimum Gasteiger partial charge on any atom is -0.497 e. The Labute approximate surface area is 89.1 Å². The SMILES string of the molecule is C=C(CCl)c1cc(OC)cc(OC)c1. The normalized spacial score (nSPS) is 9.64. The van der Waals surface area contributed by atoms with Gasteiger partial charge in [0.15, 0.2) is 0 Å². The van der Waals surface area contributed by atoms with Crippen molar-refractivity contribution in [1.29, 1.82) is 0 Å². The van der Waals surface area contributed by atoms with Crippen molar-refractivity contribution in [3.8, 4) is 11.5 Å². The molecule has 1 rings (SSSR count). The molecule has 0 unspecified atom stereocenters. The lowest BCUT2D eigenvalue weighted by molar-refractivity contribution is 0.394. The first-order valence-electron chi connectivity index (χ1n) is 4.18. The molecule has 0 fully saturated rings. The van der Waals surface area contributed by atoms with Crippen LogP contribution < -0.4 is 9.47 Å². The number of ether oxygens (including phenoxy) is 2. The second kappa shape index (κ2) is 4.91. The first-order chi connectivity index (χ1) is 6.71. The maximum absolute atomic E-state index is 5.70. The molecule has 0 spiro atoms. The van der Waals surface area contributed by atoms with E-state index in [0.29, 0.717) is 5.88 Å². The highest BCUT2D eigenvalue weighted by atomic mass is 35.5. The molecular weight excluding hydrogens is 200 g/mol. The van der Waals surface area contributed by atoms with Crippen molar-refractivity contribution in [1.82, 2.24) is 0 Å². The van der Waals surface area contributed by atoms with Gasteiger partial charge in [-0.25, -0.2) is 0 Å². The van der Waals surface area contributed by atoms with Crippen LogP contribution in [0, 0.1) is 0 Å². The van der Waals surface area contributed by atoms with Gasteiger partial charge in [0.25, 0.3) is 0 Å². The van der Waals surface area contributed by atoms with E-state index in [1.165, 1.54) is 0 Å². The molecule has 0 bridgehead atoms. The van der Waals surface area contributed by atoms with Crippen LogP contribution in [0.25, 0.3) is 5.57 Å². The van der Waals surface area contributed by atoms with Gasteiger partial charge in [0, 0.05) is 11.9 Å². The van der Waals surface area contributed by atoms with Gasteiger partial charge in [-0.05, 0) is 23.3 Å². The lowest BCUT2D eigenvalue weighted by atomic mass is 10.1. The largest absolute Gasteiger partial charge is 0.497 e. The summed E-state index contributed by atoms with van der Waals surface area (Å²) in [7, 11) is 3.23. The molecule has 1 aromatic rings. The third kappa shape index (κ3) is 2.42. The second-order valence-corrected chi connectivity index (χ2v) is 3.11. The first kappa shape index (κ1) is 10.9. The van der Waals surface area contributed by atoms with E-state index < -0.39 is 0 Å². The summed E-state index contributed by atoms with van der Waals surface area (Å²) in [5, 5.41) is 0. The van der Waals surface area contributed by atoms with Crippen molar-refractivity contribution in [2.24, 2.45) is 0 Å². The molecule has 0 aliphatic carbocycles. The first-order valence-corrected chi connectivity index (χ1v) is 4.72. The predicted octanol–water partition coefficient (Wildman–Crippen LogP) is 2.96. The highest BCUT2D eigenvalue weighted by Gasteiger charge is 2.03. The third-order valence-electron chi connectivity index (χ3n) is 1.92. The lowest BCUT2D eigenvalue weighted by Gasteiger charge is -2.08. The van der Waals surface area contributed by atoms with Crippen molar-refractivity contribution in [3.63, 3.8) is 0 Å². The van der Waals surface area contributed by atoms with Gasteiger partial charge in [-0.3, -0.25) is 0 Å². The van der Waals surface area contributed by atoms with Gasteiger partial charge in [-0.15, -0.1) is 11.6 Å². The van der Waals surface area contributed by atoms with Crippen LogP contribution in [0.1, 0.15) is 5.56 Å². The monoisotopic (exact) mass is 212 g/mol. The summed E-state index contributed by atoms with van der Waals surface area (Å²) in [5.41, 5.74) is 1.79. The molecule has 0 N–H and O–H groups in total. The van der Waals surface area contributed by atoms with Crippen molar-refractivity contribution in [3.05, 3.63) is 30.3 Å². The zero-order valence-electron chi connectivity index (χ0n) is 8.34. The molecule has 0 heterocycles. The van der Waals surface area contributed by atoms with E-state index in [1.54, 1.807) is 14.2 Å². The van der Waals surface area contributed by atoms with Crippen molar-refractivity contribution >= 4 is 17.2 Å². The van der Waals surface area contributed by atoms with E-state index in [-0.39, 0.29) is 0 Å². The van der Waals surface area contributed by atoms with Crippen molar-refractivity contribution in [2.45, 2.75) is 0 Å². The summed E-state index contributed by atoms with van der Waals surface area (Å²) in [6.07, 6.45) is 0. The van der Waals surface area contributed by atoms with Gasteiger partial charge in [0.1, 0.15) is 11.5 Å². The Balaban J connectivity index is 3.10. The fraction of sp³-hybridized carbons (Fsp3) is 0.273. The molecule has 0 amide bonds. The number of halogens is 1. The summed E-state index contributed by atoms with van der Waals surface area (Å²) >= 11 is 5.70. The molecular formula is C11H13ClO2.